The number of hydrogen-bond donors (Lipinski definition) is 0. The molecule has 0 atom stereocenters. The molecule has 0 aliphatic carbocycles. The molecule has 0 saturated carbocycles. The predicted molar refractivity (Wildman–Crippen MR) is 134 cm³/mol. The summed E-state index contributed by atoms with van der Waals surface area (Å²) in [6.07, 6.45) is 0. The standard InChI is InChI=1S/C30H26O4/c1-19-15-23(16-20(2)27(19)29(31)33-25-11-7-5-8-12-25)24-17-21(3)28(22(4)18-24)30(32)34-26-13-9-6-10-14-26/h5-18H,1-4H3. The number of benzene rings is 4. The van der Waals surface area contributed by atoms with Crippen molar-refractivity contribution in [3.8, 4) is 22.6 Å². The summed E-state index contributed by atoms with van der Waals surface area (Å²) in [7, 11) is 0. The van der Waals surface area contributed by atoms with Crippen LogP contribution >= 0.6 is 0 Å². The van der Waals surface area contributed by atoms with Crippen LogP contribution in [0.4, 0.5) is 0 Å². The van der Waals surface area contributed by atoms with Crippen LogP contribution < -0.4 is 9.47 Å². The van der Waals surface area contributed by atoms with Crippen LogP contribution in [0.25, 0.3) is 11.1 Å². The Morgan fingerprint density at radius 2 is 0.794 bits per heavy atom. The van der Waals surface area contributed by atoms with Gasteiger partial charge in [0.15, 0.2) is 0 Å². The van der Waals surface area contributed by atoms with Crippen molar-refractivity contribution in [1.29, 1.82) is 0 Å². The van der Waals surface area contributed by atoms with Gasteiger partial charge in [-0.05, 0) is 85.3 Å². The maximum absolute atomic E-state index is 12.8. The molecule has 0 amide bonds. The second-order valence-corrected chi connectivity index (χ2v) is 8.38. The molecule has 170 valence electrons. The molecule has 0 radical (unpaired) electrons. The van der Waals surface area contributed by atoms with Gasteiger partial charge >= 0.3 is 11.9 Å². The molecule has 0 aliphatic heterocycles. The Balaban J connectivity index is 1.62. The second kappa shape index (κ2) is 9.75. The van der Waals surface area contributed by atoms with Crippen LogP contribution in [0.2, 0.25) is 0 Å². The van der Waals surface area contributed by atoms with Gasteiger partial charge < -0.3 is 9.47 Å². The molecule has 0 aliphatic rings. The topological polar surface area (TPSA) is 52.6 Å². The third-order valence-corrected chi connectivity index (χ3v) is 5.71. The maximum atomic E-state index is 12.8. The van der Waals surface area contributed by atoms with E-state index < -0.39 is 0 Å². The van der Waals surface area contributed by atoms with Crippen molar-refractivity contribution in [1.82, 2.24) is 0 Å². The molecule has 4 rings (SSSR count). The third-order valence-electron chi connectivity index (χ3n) is 5.71. The number of esters is 2. The first-order valence-corrected chi connectivity index (χ1v) is 11.1. The summed E-state index contributed by atoms with van der Waals surface area (Å²) in [5, 5.41) is 0. The van der Waals surface area contributed by atoms with E-state index in [1.807, 2.05) is 88.4 Å². The SMILES string of the molecule is Cc1cc(-c2cc(C)c(C(=O)Oc3ccccc3)c(C)c2)cc(C)c1C(=O)Oc1ccccc1. The van der Waals surface area contributed by atoms with Gasteiger partial charge in [0.25, 0.3) is 0 Å². The smallest absolute Gasteiger partial charge is 0.344 e. The zero-order chi connectivity index (χ0) is 24.2. The minimum absolute atomic E-state index is 0.376. The Hall–Kier alpha value is -4.18. The molecule has 4 aromatic rings. The maximum Gasteiger partial charge on any atom is 0.344 e. The highest BCUT2D eigenvalue weighted by molar-refractivity contribution is 5.96. The fourth-order valence-corrected chi connectivity index (χ4v) is 4.20. The first-order chi connectivity index (χ1) is 16.3. The summed E-state index contributed by atoms with van der Waals surface area (Å²) in [4.78, 5) is 25.6. The lowest BCUT2D eigenvalue weighted by atomic mass is 9.92. The molecule has 0 heterocycles. The Morgan fingerprint density at radius 3 is 1.09 bits per heavy atom. The molecular formula is C30H26O4. The molecule has 0 N–H and O–H groups in total. The van der Waals surface area contributed by atoms with Crippen LogP contribution in [0.1, 0.15) is 43.0 Å². The van der Waals surface area contributed by atoms with Crippen LogP contribution in [0.3, 0.4) is 0 Å². The zero-order valence-corrected chi connectivity index (χ0v) is 19.7. The largest absolute Gasteiger partial charge is 0.423 e. The molecule has 0 saturated heterocycles. The monoisotopic (exact) mass is 450 g/mol. The highest BCUT2D eigenvalue weighted by atomic mass is 16.5. The van der Waals surface area contributed by atoms with Crippen molar-refractivity contribution in [3.05, 3.63) is 118 Å². The van der Waals surface area contributed by atoms with E-state index in [4.69, 9.17) is 9.47 Å². The van der Waals surface area contributed by atoms with Gasteiger partial charge in [0, 0.05) is 0 Å². The van der Waals surface area contributed by atoms with E-state index in [1.54, 1.807) is 24.3 Å². The van der Waals surface area contributed by atoms with E-state index in [0.717, 1.165) is 33.4 Å². The number of aryl methyl sites for hydroxylation is 4. The molecule has 4 heteroatoms. The quantitative estimate of drug-likeness (QED) is 0.242. The van der Waals surface area contributed by atoms with E-state index in [1.165, 1.54) is 0 Å². The summed E-state index contributed by atoms with van der Waals surface area (Å²) in [5.74, 6) is 0.275. The Kier molecular flexibility index (Phi) is 6.60. The lowest BCUT2D eigenvalue weighted by molar-refractivity contribution is 0.0723. The van der Waals surface area contributed by atoms with E-state index in [9.17, 15) is 9.59 Å². The second-order valence-electron chi connectivity index (χ2n) is 8.38. The summed E-state index contributed by atoms with van der Waals surface area (Å²) in [6, 6.07) is 26.0. The third kappa shape index (κ3) is 4.91. The van der Waals surface area contributed by atoms with Crippen molar-refractivity contribution < 1.29 is 19.1 Å². The van der Waals surface area contributed by atoms with Gasteiger partial charge in [-0.3, -0.25) is 0 Å². The van der Waals surface area contributed by atoms with E-state index in [0.29, 0.717) is 22.6 Å². The van der Waals surface area contributed by atoms with Crippen LogP contribution in [0.15, 0.2) is 84.9 Å². The Morgan fingerprint density at radius 1 is 0.500 bits per heavy atom. The molecule has 0 spiro atoms. The Bertz CT molecular complexity index is 1200. The van der Waals surface area contributed by atoms with Crippen LogP contribution in [0, 0.1) is 27.7 Å². The number of ether oxygens (including phenoxy) is 2. The predicted octanol–water partition coefficient (Wildman–Crippen LogP) is 7.03. The Labute approximate surface area is 199 Å². The van der Waals surface area contributed by atoms with Crippen molar-refractivity contribution in [2.75, 3.05) is 0 Å². The first kappa shape index (κ1) is 23.0. The average molecular weight is 451 g/mol. The fraction of sp³-hybridized carbons (Fsp3) is 0.133. The van der Waals surface area contributed by atoms with Crippen LogP contribution in [-0.2, 0) is 0 Å². The molecule has 4 nitrogen and oxygen atoms in total. The highest BCUT2D eigenvalue weighted by Gasteiger charge is 2.19. The lowest BCUT2D eigenvalue weighted by Crippen LogP contribution is -2.13. The first-order valence-electron chi connectivity index (χ1n) is 11.1. The number of hydrogen-bond acceptors (Lipinski definition) is 4. The molecule has 4 aromatic carbocycles. The summed E-state index contributed by atoms with van der Waals surface area (Å²) in [6.45, 7) is 7.62. The van der Waals surface area contributed by atoms with E-state index >= 15 is 0 Å². The minimum Gasteiger partial charge on any atom is -0.423 e. The summed E-state index contributed by atoms with van der Waals surface area (Å²) < 4.78 is 11.1. The van der Waals surface area contributed by atoms with Gasteiger partial charge in [-0.1, -0.05) is 60.7 Å². The minimum atomic E-state index is -0.376. The molecule has 0 unspecified atom stereocenters. The molecule has 0 aromatic heterocycles. The van der Waals surface area contributed by atoms with Crippen molar-refractivity contribution in [2.24, 2.45) is 0 Å². The number of rotatable bonds is 5. The van der Waals surface area contributed by atoms with Gasteiger partial charge in [0.1, 0.15) is 11.5 Å². The average Bonchev–Trinajstić information content (AvgIpc) is 2.79. The van der Waals surface area contributed by atoms with Gasteiger partial charge in [0.05, 0.1) is 11.1 Å². The zero-order valence-electron chi connectivity index (χ0n) is 19.7. The lowest BCUT2D eigenvalue weighted by Gasteiger charge is -2.15. The summed E-state index contributed by atoms with van der Waals surface area (Å²) >= 11 is 0. The summed E-state index contributed by atoms with van der Waals surface area (Å²) in [5.41, 5.74) is 6.39. The van der Waals surface area contributed by atoms with Gasteiger partial charge in [-0.25, -0.2) is 9.59 Å². The fourth-order valence-electron chi connectivity index (χ4n) is 4.20. The van der Waals surface area contributed by atoms with E-state index in [2.05, 4.69) is 0 Å². The highest BCUT2D eigenvalue weighted by Crippen LogP contribution is 2.30. The number of carbonyl (C=O) groups excluding carboxylic acids is 2. The normalized spacial score (nSPS) is 10.6. The number of carbonyl (C=O) groups is 2. The molecule has 34 heavy (non-hydrogen) atoms. The molecule has 0 fully saturated rings. The van der Waals surface area contributed by atoms with Crippen molar-refractivity contribution in [2.45, 2.75) is 27.7 Å². The number of para-hydroxylation sites is 2. The molecule has 0 bridgehead atoms. The van der Waals surface area contributed by atoms with Crippen molar-refractivity contribution >= 4 is 11.9 Å². The van der Waals surface area contributed by atoms with Gasteiger partial charge in [-0.15, -0.1) is 0 Å². The van der Waals surface area contributed by atoms with Crippen molar-refractivity contribution in [3.63, 3.8) is 0 Å². The van der Waals surface area contributed by atoms with E-state index in [-0.39, 0.29) is 11.9 Å². The molecular weight excluding hydrogens is 424 g/mol. The van der Waals surface area contributed by atoms with Gasteiger partial charge in [-0.2, -0.15) is 0 Å². The van der Waals surface area contributed by atoms with Crippen LogP contribution in [0.5, 0.6) is 11.5 Å². The van der Waals surface area contributed by atoms with Gasteiger partial charge in [0.2, 0.25) is 0 Å². The van der Waals surface area contributed by atoms with Crippen LogP contribution in [-0.4, -0.2) is 11.9 Å².